The summed E-state index contributed by atoms with van der Waals surface area (Å²) in [4.78, 5) is 10.3. The molecule has 2 N–H and O–H groups in total. The van der Waals surface area contributed by atoms with Gasteiger partial charge in [-0.3, -0.25) is 9.48 Å². The third-order valence-electron chi connectivity index (χ3n) is 1.84. The third-order valence-corrected chi connectivity index (χ3v) is 1.84. The molecule has 1 heterocycles. The first-order valence-electron chi connectivity index (χ1n) is 3.91. The lowest BCUT2D eigenvalue weighted by Crippen LogP contribution is -2.06. The van der Waals surface area contributed by atoms with Gasteiger partial charge in [-0.1, -0.05) is 0 Å². The molecular formula is C8H12N2O3. The number of aliphatic carboxylic acids is 1. The monoisotopic (exact) mass is 184 g/mol. The highest BCUT2D eigenvalue weighted by Crippen LogP contribution is 2.15. The van der Waals surface area contributed by atoms with Gasteiger partial charge in [-0.25, -0.2) is 0 Å². The van der Waals surface area contributed by atoms with Crippen LogP contribution < -0.4 is 0 Å². The Morgan fingerprint density at radius 3 is 2.77 bits per heavy atom. The van der Waals surface area contributed by atoms with Crippen LogP contribution in [0, 0.1) is 6.92 Å². The molecule has 0 saturated carbocycles. The van der Waals surface area contributed by atoms with Crippen molar-refractivity contribution in [3.8, 4) is 0 Å². The van der Waals surface area contributed by atoms with Gasteiger partial charge in [0, 0.05) is 12.7 Å². The fourth-order valence-electron chi connectivity index (χ4n) is 1.02. The van der Waals surface area contributed by atoms with Crippen molar-refractivity contribution >= 4 is 5.97 Å². The Hall–Kier alpha value is -1.36. The number of rotatable bonds is 3. The van der Waals surface area contributed by atoms with E-state index in [1.165, 1.54) is 0 Å². The van der Waals surface area contributed by atoms with Gasteiger partial charge in [0.25, 0.3) is 0 Å². The molecule has 0 radical (unpaired) electrons. The van der Waals surface area contributed by atoms with Gasteiger partial charge in [-0.15, -0.1) is 0 Å². The number of aryl methyl sites for hydroxylation is 2. The van der Waals surface area contributed by atoms with Gasteiger partial charge in [0.2, 0.25) is 0 Å². The summed E-state index contributed by atoms with van der Waals surface area (Å²) < 4.78 is 1.60. The van der Waals surface area contributed by atoms with Gasteiger partial charge in [0.05, 0.1) is 12.1 Å². The Balaban J connectivity index is 2.77. The maximum absolute atomic E-state index is 10.3. The number of hydrogen-bond acceptors (Lipinski definition) is 3. The highest BCUT2D eigenvalue weighted by Gasteiger charge is 2.15. The number of hydrogen-bond donors (Lipinski definition) is 2. The Labute approximate surface area is 75.6 Å². The van der Waals surface area contributed by atoms with Crippen LogP contribution in [0.1, 0.15) is 23.9 Å². The lowest BCUT2D eigenvalue weighted by atomic mass is 10.2. The number of carbonyl (C=O) groups is 1. The normalized spacial score (nSPS) is 12.8. The second kappa shape index (κ2) is 3.57. The minimum Gasteiger partial charge on any atom is -0.481 e. The number of nitrogens with zero attached hydrogens (tertiary/aromatic N) is 2. The predicted molar refractivity (Wildman–Crippen MR) is 45.2 cm³/mol. The van der Waals surface area contributed by atoms with E-state index in [0.29, 0.717) is 5.69 Å². The molecule has 0 amide bonds. The summed E-state index contributed by atoms with van der Waals surface area (Å²) in [6.45, 7) is 1.84. The second-order valence-corrected chi connectivity index (χ2v) is 2.95. The molecule has 0 spiro atoms. The van der Waals surface area contributed by atoms with Gasteiger partial charge in [0.15, 0.2) is 0 Å². The van der Waals surface area contributed by atoms with Gasteiger partial charge in [0.1, 0.15) is 6.10 Å². The van der Waals surface area contributed by atoms with Crippen LogP contribution in [-0.2, 0) is 11.8 Å². The molecule has 5 heteroatoms. The summed E-state index contributed by atoms with van der Waals surface area (Å²) in [6, 6.07) is 1.67. The quantitative estimate of drug-likeness (QED) is 0.705. The van der Waals surface area contributed by atoms with Crippen molar-refractivity contribution in [2.75, 3.05) is 0 Å². The SMILES string of the molecule is Cc1cc([C@H](O)CC(=O)O)nn1C. The first-order chi connectivity index (χ1) is 6.00. The number of aliphatic hydroxyl groups is 1. The molecule has 0 bridgehead atoms. The zero-order valence-electron chi connectivity index (χ0n) is 7.56. The van der Waals surface area contributed by atoms with Crippen LogP contribution in [0.25, 0.3) is 0 Å². The molecule has 1 aromatic rings. The van der Waals surface area contributed by atoms with Crippen molar-refractivity contribution in [2.45, 2.75) is 19.4 Å². The number of carboxylic acids is 1. The van der Waals surface area contributed by atoms with Crippen LogP contribution in [0.15, 0.2) is 6.07 Å². The maximum atomic E-state index is 10.3. The minimum absolute atomic E-state index is 0.309. The molecule has 72 valence electrons. The van der Waals surface area contributed by atoms with E-state index in [2.05, 4.69) is 5.10 Å². The molecule has 0 aliphatic carbocycles. The van der Waals surface area contributed by atoms with E-state index in [9.17, 15) is 9.90 Å². The molecule has 0 unspecified atom stereocenters. The van der Waals surface area contributed by atoms with E-state index in [1.807, 2.05) is 6.92 Å². The lowest BCUT2D eigenvalue weighted by Gasteiger charge is -2.02. The summed E-state index contributed by atoms with van der Waals surface area (Å²) in [5, 5.41) is 21.8. The number of aromatic nitrogens is 2. The smallest absolute Gasteiger partial charge is 0.306 e. The first-order valence-corrected chi connectivity index (χ1v) is 3.91. The Morgan fingerprint density at radius 1 is 1.77 bits per heavy atom. The Morgan fingerprint density at radius 2 is 2.38 bits per heavy atom. The summed E-state index contributed by atoms with van der Waals surface area (Å²) in [5.41, 5.74) is 1.29. The number of carboxylic acid groups (broad SMARTS) is 1. The topological polar surface area (TPSA) is 75.3 Å². The van der Waals surface area contributed by atoms with Crippen LogP contribution in [0.2, 0.25) is 0 Å². The van der Waals surface area contributed by atoms with Crippen molar-refractivity contribution in [3.63, 3.8) is 0 Å². The molecule has 0 fully saturated rings. The molecule has 0 aromatic carbocycles. The Kier molecular flexibility index (Phi) is 2.67. The zero-order chi connectivity index (χ0) is 10.0. The average molecular weight is 184 g/mol. The average Bonchev–Trinajstić information content (AvgIpc) is 2.31. The highest BCUT2D eigenvalue weighted by molar-refractivity contribution is 5.67. The van der Waals surface area contributed by atoms with E-state index in [0.717, 1.165) is 5.69 Å². The molecule has 1 rings (SSSR count). The summed E-state index contributed by atoms with van der Waals surface area (Å²) in [6.07, 6.45) is -1.33. The van der Waals surface area contributed by atoms with Crippen LogP contribution in [-0.4, -0.2) is 26.0 Å². The van der Waals surface area contributed by atoms with Crippen molar-refractivity contribution in [2.24, 2.45) is 7.05 Å². The van der Waals surface area contributed by atoms with E-state index >= 15 is 0 Å². The van der Waals surface area contributed by atoms with Crippen LogP contribution >= 0.6 is 0 Å². The van der Waals surface area contributed by atoms with Crippen LogP contribution in [0.5, 0.6) is 0 Å². The van der Waals surface area contributed by atoms with Crippen molar-refractivity contribution in [3.05, 3.63) is 17.5 Å². The second-order valence-electron chi connectivity index (χ2n) is 2.95. The molecule has 1 atom stereocenters. The predicted octanol–water partition coefficient (Wildman–Crippen LogP) is 0.237. The lowest BCUT2D eigenvalue weighted by molar-refractivity contribution is -0.139. The zero-order valence-corrected chi connectivity index (χ0v) is 7.56. The molecule has 5 nitrogen and oxygen atoms in total. The van der Waals surface area contributed by atoms with Gasteiger partial charge in [-0.05, 0) is 13.0 Å². The van der Waals surface area contributed by atoms with Crippen molar-refractivity contribution in [1.82, 2.24) is 9.78 Å². The molecule has 13 heavy (non-hydrogen) atoms. The summed E-state index contributed by atoms with van der Waals surface area (Å²) >= 11 is 0. The Bertz CT molecular complexity index is 300. The van der Waals surface area contributed by atoms with Crippen LogP contribution in [0.3, 0.4) is 0 Å². The van der Waals surface area contributed by atoms with E-state index < -0.39 is 12.1 Å². The third kappa shape index (κ3) is 2.29. The minimum atomic E-state index is -1.03. The maximum Gasteiger partial charge on any atom is 0.306 e. The van der Waals surface area contributed by atoms with Crippen molar-refractivity contribution < 1.29 is 15.0 Å². The molecule has 1 aromatic heterocycles. The summed E-state index contributed by atoms with van der Waals surface area (Å²) in [7, 11) is 1.74. The van der Waals surface area contributed by atoms with Crippen LogP contribution in [0.4, 0.5) is 0 Å². The molecular weight excluding hydrogens is 172 g/mol. The fraction of sp³-hybridized carbons (Fsp3) is 0.500. The van der Waals surface area contributed by atoms with E-state index in [-0.39, 0.29) is 6.42 Å². The molecule has 0 aliphatic rings. The molecule has 0 saturated heterocycles. The van der Waals surface area contributed by atoms with Gasteiger partial charge >= 0.3 is 5.97 Å². The standard InChI is InChI=1S/C8H12N2O3/c1-5-3-6(9-10(5)2)7(11)4-8(12)13/h3,7,11H,4H2,1-2H3,(H,12,13)/t7-/m1/s1. The van der Waals surface area contributed by atoms with E-state index in [4.69, 9.17) is 5.11 Å². The largest absolute Gasteiger partial charge is 0.481 e. The molecule has 0 aliphatic heterocycles. The van der Waals surface area contributed by atoms with Gasteiger partial charge < -0.3 is 10.2 Å². The number of aliphatic hydroxyl groups excluding tert-OH is 1. The fourth-order valence-corrected chi connectivity index (χ4v) is 1.02. The first kappa shape index (κ1) is 9.73. The van der Waals surface area contributed by atoms with Crippen molar-refractivity contribution in [1.29, 1.82) is 0 Å². The summed E-state index contributed by atoms with van der Waals surface area (Å²) in [5.74, 6) is -1.03. The van der Waals surface area contributed by atoms with Gasteiger partial charge in [-0.2, -0.15) is 5.10 Å². The highest BCUT2D eigenvalue weighted by atomic mass is 16.4. The van der Waals surface area contributed by atoms with E-state index in [1.54, 1.807) is 17.8 Å².